The molecule has 1 aromatic heterocycles. The number of ether oxygens (including phenoxy) is 1. The first kappa shape index (κ1) is 21.6. The number of nitrogens with one attached hydrogen (secondary N) is 1. The minimum atomic E-state index is -1.81. The number of hydrogen-bond acceptors (Lipinski definition) is 4. The molecule has 0 aliphatic carbocycles. The lowest BCUT2D eigenvalue weighted by Crippen LogP contribution is -2.42. The van der Waals surface area contributed by atoms with E-state index in [2.05, 4.69) is 5.32 Å². The molecule has 1 aliphatic heterocycles. The van der Waals surface area contributed by atoms with Crippen molar-refractivity contribution in [2.24, 2.45) is 0 Å². The first-order valence-electron chi connectivity index (χ1n) is 9.38. The zero-order valence-electron chi connectivity index (χ0n) is 17.2. The summed E-state index contributed by atoms with van der Waals surface area (Å²) >= 11 is 0. The molecule has 1 aliphatic rings. The SMILES string of the molecule is COCCn1c(C)cc(C(=O)CN2C(=O)N[C@@](C)(c3cc(F)ccc3F)C2=O)c1C. The molecule has 1 aromatic carbocycles. The van der Waals surface area contributed by atoms with Crippen LogP contribution < -0.4 is 5.32 Å². The van der Waals surface area contributed by atoms with Crippen LogP contribution >= 0.6 is 0 Å². The van der Waals surface area contributed by atoms with E-state index in [1.807, 2.05) is 11.5 Å². The number of rotatable bonds is 7. The third-order valence-electron chi connectivity index (χ3n) is 5.44. The van der Waals surface area contributed by atoms with Crippen LogP contribution in [-0.2, 0) is 21.6 Å². The second-order valence-corrected chi connectivity index (χ2v) is 7.42. The third kappa shape index (κ3) is 3.60. The summed E-state index contributed by atoms with van der Waals surface area (Å²) in [5.74, 6) is -2.83. The summed E-state index contributed by atoms with van der Waals surface area (Å²) in [7, 11) is 1.58. The number of benzene rings is 1. The standard InChI is InChI=1S/C21H23F2N3O4/c1-12-9-15(13(2)25(12)7-8-30-4)18(27)11-26-19(28)21(3,24-20(26)29)16-10-14(22)5-6-17(16)23/h5-6,9-10H,7-8,11H2,1-4H3,(H,24,29)/t21-/m0/s1. The average molecular weight is 419 g/mol. The number of ketones is 1. The molecule has 0 unspecified atom stereocenters. The number of halogens is 2. The van der Waals surface area contributed by atoms with Crippen LogP contribution in [0, 0.1) is 25.5 Å². The Bertz CT molecular complexity index is 1030. The number of nitrogens with zero attached hydrogens (tertiary/aromatic N) is 2. The summed E-state index contributed by atoms with van der Waals surface area (Å²) in [6.07, 6.45) is 0. The molecule has 3 rings (SSSR count). The molecule has 2 aromatic rings. The van der Waals surface area contributed by atoms with Gasteiger partial charge in [-0.05, 0) is 45.0 Å². The molecule has 7 nitrogen and oxygen atoms in total. The van der Waals surface area contributed by atoms with E-state index in [-0.39, 0.29) is 5.56 Å². The summed E-state index contributed by atoms with van der Waals surface area (Å²) in [6.45, 7) is 5.42. The zero-order valence-corrected chi connectivity index (χ0v) is 17.2. The Morgan fingerprint density at radius 1 is 1.20 bits per heavy atom. The molecule has 0 saturated carbocycles. The molecule has 0 spiro atoms. The molecule has 1 saturated heterocycles. The van der Waals surface area contributed by atoms with Crippen LogP contribution in [0.15, 0.2) is 24.3 Å². The van der Waals surface area contributed by atoms with E-state index in [4.69, 9.17) is 4.74 Å². The lowest BCUT2D eigenvalue weighted by atomic mass is 9.91. The smallest absolute Gasteiger partial charge is 0.325 e. The summed E-state index contributed by atoms with van der Waals surface area (Å²) in [5.41, 5.74) is -0.181. The van der Waals surface area contributed by atoms with E-state index in [0.717, 1.165) is 28.8 Å². The van der Waals surface area contributed by atoms with Crippen molar-refractivity contribution in [2.45, 2.75) is 32.9 Å². The minimum Gasteiger partial charge on any atom is -0.383 e. The molecule has 1 N–H and O–H groups in total. The van der Waals surface area contributed by atoms with E-state index in [1.165, 1.54) is 6.92 Å². The van der Waals surface area contributed by atoms with Gasteiger partial charge in [0, 0.05) is 36.2 Å². The van der Waals surface area contributed by atoms with E-state index in [1.54, 1.807) is 20.1 Å². The molecule has 0 radical (unpaired) electrons. The number of methoxy groups -OCH3 is 1. The van der Waals surface area contributed by atoms with E-state index in [0.29, 0.717) is 24.4 Å². The summed E-state index contributed by atoms with van der Waals surface area (Å²) in [5, 5.41) is 2.39. The summed E-state index contributed by atoms with van der Waals surface area (Å²) in [4.78, 5) is 39.0. The second kappa shape index (κ2) is 7.98. The van der Waals surface area contributed by atoms with Crippen LogP contribution in [0.1, 0.15) is 34.2 Å². The van der Waals surface area contributed by atoms with Crippen molar-refractivity contribution in [3.8, 4) is 0 Å². The maximum absolute atomic E-state index is 14.3. The van der Waals surface area contributed by atoms with Crippen LogP contribution in [0.5, 0.6) is 0 Å². The quantitative estimate of drug-likeness (QED) is 0.553. The van der Waals surface area contributed by atoms with Crippen molar-refractivity contribution in [3.63, 3.8) is 0 Å². The molecule has 0 bridgehead atoms. The van der Waals surface area contributed by atoms with Crippen LogP contribution in [0.3, 0.4) is 0 Å². The van der Waals surface area contributed by atoms with Gasteiger partial charge in [0.2, 0.25) is 0 Å². The molecule has 1 fully saturated rings. The largest absolute Gasteiger partial charge is 0.383 e. The minimum absolute atomic E-state index is 0.298. The summed E-state index contributed by atoms with van der Waals surface area (Å²) in [6, 6.07) is 3.52. The Morgan fingerprint density at radius 2 is 1.90 bits per heavy atom. The van der Waals surface area contributed by atoms with Crippen molar-refractivity contribution >= 4 is 17.7 Å². The first-order valence-corrected chi connectivity index (χ1v) is 9.38. The average Bonchev–Trinajstić information content (AvgIpc) is 3.09. The van der Waals surface area contributed by atoms with Crippen molar-refractivity contribution in [2.75, 3.05) is 20.3 Å². The van der Waals surface area contributed by atoms with Crippen LogP contribution in [-0.4, -0.2) is 47.4 Å². The first-order chi connectivity index (χ1) is 14.1. The van der Waals surface area contributed by atoms with Gasteiger partial charge in [-0.25, -0.2) is 13.6 Å². The normalized spacial score (nSPS) is 18.8. The highest BCUT2D eigenvalue weighted by Gasteiger charge is 2.51. The van der Waals surface area contributed by atoms with E-state index in [9.17, 15) is 23.2 Å². The molecule has 9 heteroatoms. The molecular formula is C21H23F2N3O4. The van der Waals surface area contributed by atoms with Crippen molar-refractivity contribution < 1.29 is 27.9 Å². The van der Waals surface area contributed by atoms with Crippen LogP contribution in [0.4, 0.5) is 13.6 Å². The fourth-order valence-corrected chi connectivity index (χ4v) is 3.74. The molecule has 2 heterocycles. The number of aromatic nitrogens is 1. The third-order valence-corrected chi connectivity index (χ3v) is 5.44. The number of Topliss-reactive ketones (excluding diaryl/α,β-unsaturated/α-hetero) is 1. The fourth-order valence-electron chi connectivity index (χ4n) is 3.74. The number of carbonyl (C=O) groups is 3. The van der Waals surface area contributed by atoms with Gasteiger partial charge in [-0.2, -0.15) is 0 Å². The van der Waals surface area contributed by atoms with Crippen molar-refractivity contribution in [3.05, 3.63) is 58.4 Å². The number of carbonyl (C=O) groups excluding carboxylic acids is 3. The highest BCUT2D eigenvalue weighted by Crippen LogP contribution is 2.31. The van der Waals surface area contributed by atoms with Gasteiger partial charge in [-0.15, -0.1) is 0 Å². The number of aryl methyl sites for hydroxylation is 1. The van der Waals surface area contributed by atoms with Crippen molar-refractivity contribution in [1.82, 2.24) is 14.8 Å². The lowest BCUT2D eigenvalue weighted by Gasteiger charge is -2.22. The van der Waals surface area contributed by atoms with Gasteiger partial charge in [0.1, 0.15) is 17.2 Å². The van der Waals surface area contributed by atoms with Gasteiger partial charge >= 0.3 is 6.03 Å². The Labute approximate surface area is 172 Å². The molecule has 30 heavy (non-hydrogen) atoms. The van der Waals surface area contributed by atoms with E-state index < -0.39 is 41.4 Å². The maximum atomic E-state index is 14.3. The van der Waals surface area contributed by atoms with Gasteiger partial charge in [0.05, 0.1) is 13.2 Å². The van der Waals surface area contributed by atoms with Crippen LogP contribution in [0.25, 0.3) is 0 Å². The Balaban J connectivity index is 1.86. The topological polar surface area (TPSA) is 80.6 Å². The Morgan fingerprint density at radius 3 is 2.57 bits per heavy atom. The number of amides is 3. The number of imide groups is 1. The molecule has 160 valence electrons. The van der Waals surface area contributed by atoms with Crippen molar-refractivity contribution in [1.29, 1.82) is 0 Å². The van der Waals surface area contributed by atoms with Gasteiger partial charge in [0.25, 0.3) is 5.91 Å². The Hall–Kier alpha value is -3.07. The predicted molar refractivity (Wildman–Crippen MR) is 104 cm³/mol. The summed E-state index contributed by atoms with van der Waals surface area (Å²) < 4.78 is 34.9. The fraction of sp³-hybridized carbons (Fsp3) is 0.381. The highest BCUT2D eigenvalue weighted by molar-refractivity contribution is 6.11. The molecular weight excluding hydrogens is 396 g/mol. The predicted octanol–water partition coefficient (Wildman–Crippen LogP) is 2.68. The maximum Gasteiger partial charge on any atom is 0.325 e. The number of urea groups is 1. The molecule has 1 atom stereocenters. The van der Waals surface area contributed by atoms with Gasteiger partial charge in [0.15, 0.2) is 5.78 Å². The van der Waals surface area contributed by atoms with Gasteiger partial charge in [-0.3, -0.25) is 14.5 Å². The zero-order chi connectivity index (χ0) is 22.2. The monoisotopic (exact) mass is 419 g/mol. The number of hydrogen-bond donors (Lipinski definition) is 1. The van der Waals surface area contributed by atoms with Gasteiger partial charge in [-0.1, -0.05) is 0 Å². The lowest BCUT2D eigenvalue weighted by molar-refractivity contribution is -0.130. The van der Waals surface area contributed by atoms with Gasteiger partial charge < -0.3 is 14.6 Å². The second-order valence-electron chi connectivity index (χ2n) is 7.42. The highest BCUT2D eigenvalue weighted by atomic mass is 19.1. The van der Waals surface area contributed by atoms with Crippen LogP contribution in [0.2, 0.25) is 0 Å². The molecule has 3 amide bonds. The Kier molecular flexibility index (Phi) is 5.76. The van der Waals surface area contributed by atoms with E-state index >= 15 is 0 Å².